The first-order valence-corrected chi connectivity index (χ1v) is 9.46. The fourth-order valence-electron chi connectivity index (χ4n) is 1.68. The summed E-state index contributed by atoms with van der Waals surface area (Å²) in [4.78, 5) is 0. The van der Waals surface area contributed by atoms with Gasteiger partial charge in [-0.25, -0.2) is 0 Å². The molecule has 0 aromatic rings. The van der Waals surface area contributed by atoms with Crippen molar-refractivity contribution in [1.82, 2.24) is 0 Å². The number of unbranched alkanes of at least 4 members (excludes halogenated alkanes) is 5. The van der Waals surface area contributed by atoms with Gasteiger partial charge in [-0.3, -0.25) is 0 Å². The zero-order valence-corrected chi connectivity index (χ0v) is 16.1. The smallest absolute Gasteiger partial charge is 0.431 e. The largest absolute Gasteiger partial charge is 0.500 e. The fraction of sp³-hybridized carbons (Fsp3) is 1.00. The highest BCUT2D eigenvalue weighted by atomic mass is 28.4. The van der Waals surface area contributed by atoms with Gasteiger partial charge in [-0.1, -0.05) is 39.0 Å². The van der Waals surface area contributed by atoms with Crippen molar-refractivity contribution in [3.05, 3.63) is 0 Å². The highest BCUT2D eigenvalue weighted by Crippen LogP contribution is 2.17. The molecule has 0 bridgehead atoms. The van der Waals surface area contributed by atoms with Gasteiger partial charge in [0.15, 0.2) is 0 Å². The van der Waals surface area contributed by atoms with E-state index in [1.165, 1.54) is 32.1 Å². The van der Waals surface area contributed by atoms with Gasteiger partial charge in [-0.15, -0.1) is 0 Å². The molecule has 0 N–H and O–H groups in total. The Labute approximate surface area is 117 Å². The second-order valence-corrected chi connectivity index (χ2v) is 8.13. The van der Waals surface area contributed by atoms with E-state index in [-0.39, 0.29) is 0 Å². The lowest BCUT2D eigenvalue weighted by molar-refractivity contribution is 0.122. The van der Waals surface area contributed by atoms with E-state index in [1.807, 2.05) is 0 Å². The highest BCUT2D eigenvalue weighted by molar-refractivity contribution is 6.60. The van der Waals surface area contributed by atoms with Crippen LogP contribution in [0.5, 0.6) is 0 Å². The lowest BCUT2D eigenvalue weighted by Crippen LogP contribution is -2.42. The van der Waals surface area contributed by atoms with E-state index in [0.717, 1.165) is 23.0 Å². The molecule has 6 heteroatoms. The van der Waals surface area contributed by atoms with Crippen molar-refractivity contribution >= 4 is 19.3 Å². The predicted octanol–water partition coefficient (Wildman–Crippen LogP) is 2.14. The van der Waals surface area contributed by atoms with E-state index in [4.69, 9.17) is 13.3 Å². The van der Waals surface area contributed by atoms with Crippen molar-refractivity contribution in [3.8, 4) is 0 Å². The monoisotopic (exact) mass is 296 g/mol. The molecule has 0 saturated carbocycles. The van der Waals surface area contributed by atoms with Crippen LogP contribution in [0, 0.1) is 0 Å². The van der Waals surface area contributed by atoms with Crippen LogP contribution in [0.4, 0.5) is 0 Å². The summed E-state index contributed by atoms with van der Waals surface area (Å²) in [5, 5.41) is 0. The van der Waals surface area contributed by atoms with Crippen LogP contribution in [0.2, 0.25) is 6.04 Å². The van der Waals surface area contributed by atoms with Gasteiger partial charge in [-0.2, -0.15) is 0 Å². The van der Waals surface area contributed by atoms with Crippen LogP contribution in [-0.2, 0) is 17.7 Å². The summed E-state index contributed by atoms with van der Waals surface area (Å²) >= 11 is 0. The summed E-state index contributed by atoms with van der Waals surface area (Å²) in [7, 11) is 5.30. The van der Waals surface area contributed by atoms with Crippen molar-refractivity contribution in [2.75, 3.05) is 28.4 Å². The van der Waals surface area contributed by atoms with Crippen LogP contribution in [0.3, 0.4) is 0 Å². The molecule has 0 aliphatic heterocycles. The van der Waals surface area contributed by atoms with Crippen molar-refractivity contribution in [3.63, 3.8) is 0 Å². The van der Waals surface area contributed by atoms with Gasteiger partial charge in [0.2, 0.25) is 0 Å². The fourth-order valence-corrected chi connectivity index (χ4v) is 3.47. The molecular weight excluding hydrogens is 264 g/mol. The maximum Gasteiger partial charge on any atom is 0.500 e. The summed E-state index contributed by atoms with van der Waals surface area (Å²) in [6.07, 6.45) is 7.71. The minimum Gasteiger partial charge on any atom is -0.431 e. The second kappa shape index (κ2) is 15.3. The van der Waals surface area contributed by atoms with Crippen molar-refractivity contribution in [2.45, 2.75) is 51.5 Å². The molecule has 0 atom stereocenters. The minimum absolute atomic E-state index is 0.869. The Hall–Kier alpha value is 0.274. The average Bonchev–Trinajstić information content (AvgIpc) is 2.40. The molecule has 0 amide bonds. The van der Waals surface area contributed by atoms with E-state index >= 15 is 0 Å². The molecule has 0 fully saturated rings. The zero-order valence-electron chi connectivity index (χ0n) is 13.1. The van der Waals surface area contributed by atoms with Gasteiger partial charge in [-0.05, 0) is 6.42 Å². The SMILES string of the molecule is CCCCCCCC[Si](OC)(OC)OC.CO[SiH3]. The Morgan fingerprint density at radius 2 is 1.17 bits per heavy atom. The molecule has 0 radical (unpaired) electrons. The molecule has 0 rings (SSSR count). The molecule has 0 aromatic heterocycles. The van der Waals surface area contributed by atoms with E-state index in [2.05, 4.69) is 11.3 Å². The molecule has 0 aliphatic carbocycles. The third-order valence-electron chi connectivity index (χ3n) is 2.77. The standard InChI is InChI=1S/C11H26O3Si.CH6OSi/c1-5-6-7-8-9-10-11-15(12-2,13-3)14-4;1-2-3/h5-11H2,1-4H3;1,3H3. The topological polar surface area (TPSA) is 36.9 Å². The Morgan fingerprint density at radius 1 is 0.778 bits per heavy atom. The third-order valence-corrected chi connectivity index (χ3v) is 5.60. The summed E-state index contributed by atoms with van der Waals surface area (Å²) in [6.45, 7) is 2.23. The van der Waals surface area contributed by atoms with Crippen LogP contribution >= 0.6 is 0 Å². The zero-order chi connectivity index (χ0) is 14.3. The molecule has 112 valence electrons. The summed E-state index contributed by atoms with van der Waals surface area (Å²) < 4.78 is 20.5. The Morgan fingerprint density at radius 3 is 1.56 bits per heavy atom. The van der Waals surface area contributed by atoms with Crippen LogP contribution in [0.1, 0.15) is 45.4 Å². The lowest BCUT2D eigenvalue weighted by Gasteiger charge is -2.24. The quantitative estimate of drug-likeness (QED) is 0.457. The van der Waals surface area contributed by atoms with Crippen LogP contribution < -0.4 is 0 Å². The maximum atomic E-state index is 5.36. The van der Waals surface area contributed by atoms with Crippen LogP contribution in [-0.4, -0.2) is 47.7 Å². The second-order valence-electron chi connectivity index (χ2n) is 4.22. The van der Waals surface area contributed by atoms with E-state index in [9.17, 15) is 0 Å². The van der Waals surface area contributed by atoms with Gasteiger partial charge in [0.05, 0.1) is 0 Å². The molecule has 0 spiro atoms. The molecule has 4 nitrogen and oxygen atoms in total. The van der Waals surface area contributed by atoms with E-state index in [1.54, 1.807) is 28.4 Å². The molecule has 18 heavy (non-hydrogen) atoms. The van der Waals surface area contributed by atoms with Gasteiger partial charge in [0.25, 0.3) is 0 Å². The normalized spacial score (nSPS) is 11.2. The number of hydrogen-bond donors (Lipinski definition) is 0. The van der Waals surface area contributed by atoms with Gasteiger partial charge in [0, 0.05) is 34.5 Å². The molecule has 0 aromatic carbocycles. The van der Waals surface area contributed by atoms with E-state index < -0.39 is 8.80 Å². The van der Waals surface area contributed by atoms with E-state index in [0.29, 0.717) is 0 Å². The molecule has 0 aliphatic rings. The first-order valence-electron chi connectivity index (χ1n) is 6.71. The minimum atomic E-state index is -2.29. The first-order chi connectivity index (χ1) is 8.66. The third kappa shape index (κ3) is 11.4. The van der Waals surface area contributed by atoms with Gasteiger partial charge in [0.1, 0.15) is 10.5 Å². The number of hydrogen-bond acceptors (Lipinski definition) is 4. The van der Waals surface area contributed by atoms with Crippen molar-refractivity contribution < 1.29 is 17.7 Å². The Balaban J connectivity index is 0. The van der Waals surface area contributed by atoms with Crippen molar-refractivity contribution in [2.24, 2.45) is 0 Å². The van der Waals surface area contributed by atoms with Gasteiger partial charge >= 0.3 is 8.80 Å². The predicted molar refractivity (Wildman–Crippen MR) is 81.9 cm³/mol. The average molecular weight is 297 g/mol. The number of rotatable bonds is 10. The summed E-state index contributed by atoms with van der Waals surface area (Å²) in [6, 6.07) is 0.933. The highest BCUT2D eigenvalue weighted by Gasteiger charge is 2.36. The van der Waals surface area contributed by atoms with Gasteiger partial charge < -0.3 is 17.7 Å². The lowest BCUT2D eigenvalue weighted by atomic mass is 10.1. The molecular formula is C12H32O4Si2. The van der Waals surface area contributed by atoms with Crippen LogP contribution in [0.25, 0.3) is 0 Å². The van der Waals surface area contributed by atoms with Crippen molar-refractivity contribution in [1.29, 1.82) is 0 Å². The first kappa shape index (κ1) is 20.6. The molecule has 0 saturated heterocycles. The van der Waals surface area contributed by atoms with Crippen LogP contribution in [0.15, 0.2) is 0 Å². The molecule has 0 heterocycles. The maximum absolute atomic E-state index is 5.36. The summed E-state index contributed by atoms with van der Waals surface area (Å²) in [5.41, 5.74) is 0. The Kier molecular flexibility index (Phi) is 17.5. The summed E-state index contributed by atoms with van der Waals surface area (Å²) in [5.74, 6) is 0. The Bertz CT molecular complexity index is 147. The molecule has 0 unspecified atom stereocenters.